The Morgan fingerprint density at radius 2 is 1.87 bits per heavy atom. The number of carbonyl (C=O) groups is 2. The number of ether oxygens (including phenoxy) is 1. The van der Waals surface area contributed by atoms with E-state index in [9.17, 15) is 18.0 Å². The highest BCUT2D eigenvalue weighted by molar-refractivity contribution is 7.91. The van der Waals surface area contributed by atoms with Gasteiger partial charge in [0.25, 0.3) is 0 Å². The van der Waals surface area contributed by atoms with Crippen molar-refractivity contribution >= 4 is 33.4 Å². The van der Waals surface area contributed by atoms with Gasteiger partial charge in [0.15, 0.2) is 9.84 Å². The maximum Gasteiger partial charge on any atom is 0.338 e. The van der Waals surface area contributed by atoms with Crippen molar-refractivity contribution in [2.24, 2.45) is 0 Å². The Morgan fingerprint density at radius 3 is 2.50 bits per heavy atom. The van der Waals surface area contributed by atoms with Crippen molar-refractivity contribution in [3.8, 4) is 0 Å². The zero-order chi connectivity index (χ0) is 21.9. The van der Waals surface area contributed by atoms with Crippen LogP contribution in [0.1, 0.15) is 24.1 Å². The lowest BCUT2D eigenvalue weighted by atomic mass is 9.95. The van der Waals surface area contributed by atoms with Crippen LogP contribution in [0.15, 0.2) is 64.7 Å². The molecular formula is C21H21ClN2O5S. The Hall–Kier alpha value is -2.84. The Balaban J connectivity index is 2.10. The van der Waals surface area contributed by atoms with E-state index in [2.05, 4.69) is 10.6 Å². The van der Waals surface area contributed by atoms with E-state index >= 15 is 0 Å². The maximum absolute atomic E-state index is 13.0. The van der Waals surface area contributed by atoms with Crippen molar-refractivity contribution in [1.82, 2.24) is 10.6 Å². The fourth-order valence-electron chi connectivity index (χ4n) is 3.14. The second-order valence-corrected chi connectivity index (χ2v) is 9.20. The molecule has 1 heterocycles. The first-order chi connectivity index (χ1) is 14.2. The van der Waals surface area contributed by atoms with Gasteiger partial charge in [-0.2, -0.15) is 0 Å². The van der Waals surface area contributed by atoms with Crippen LogP contribution < -0.4 is 10.6 Å². The van der Waals surface area contributed by atoms with Crippen molar-refractivity contribution in [1.29, 1.82) is 0 Å². The van der Waals surface area contributed by atoms with E-state index in [0.717, 1.165) is 5.56 Å². The Kier molecular flexibility index (Phi) is 6.48. The van der Waals surface area contributed by atoms with Crippen molar-refractivity contribution < 1.29 is 22.7 Å². The molecule has 9 heteroatoms. The summed E-state index contributed by atoms with van der Waals surface area (Å²) in [6.07, 6.45) is 0. The number of carbonyl (C=O) groups excluding carboxylic acids is 2. The van der Waals surface area contributed by atoms with Crippen LogP contribution in [0.5, 0.6) is 0 Å². The molecule has 1 atom stereocenters. The lowest BCUT2D eigenvalue weighted by Gasteiger charge is -2.29. The predicted octanol–water partition coefficient (Wildman–Crippen LogP) is 3.29. The summed E-state index contributed by atoms with van der Waals surface area (Å²) in [6.45, 7) is 3.58. The number of amides is 2. The molecule has 0 radical (unpaired) electrons. The molecule has 0 bridgehead atoms. The number of halogens is 1. The van der Waals surface area contributed by atoms with Crippen LogP contribution in [0, 0.1) is 6.92 Å². The minimum Gasteiger partial charge on any atom is -0.463 e. The first kappa shape index (κ1) is 21.9. The van der Waals surface area contributed by atoms with Crippen molar-refractivity contribution in [3.63, 3.8) is 0 Å². The zero-order valence-corrected chi connectivity index (χ0v) is 18.0. The summed E-state index contributed by atoms with van der Waals surface area (Å²) in [6, 6.07) is 11.5. The van der Waals surface area contributed by atoms with Gasteiger partial charge in [0.2, 0.25) is 0 Å². The third-order valence-electron chi connectivity index (χ3n) is 4.55. The molecule has 0 aliphatic carbocycles. The first-order valence-electron chi connectivity index (χ1n) is 9.24. The van der Waals surface area contributed by atoms with E-state index in [0.29, 0.717) is 10.6 Å². The highest BCUT2D eigenvalue weighted by atomic mass is 35.5. The second kappa shape index (κ2) is 8.89. The van der Waals surface area contributed by atoms with Crippen LogP contribution in [0.4, 0.5) is 4.79 Å². The molecule has 0 saturated heterocycles. The van der Waals surface area contributed by atoms with Crippen molar-refractivity contribution in [2.45, 2.75) is 24.8 Å². The smallest absolute Gasteiger partial charge is 0.338 e. The summed E-state index contributed by atoms with van der Waals surface area (Å²) >= 11 is 6.07. The molecule has 1 unspecified atom stereocenters. The molecule has 30 heavy (non-hydrogen) atoms. The number of sulfone groups is 1. The van der Waals surface area contributed by atoms with Crippen molar-refractivity contribution in [2.75, 3.05) is 12.4 Å². The molecule has 2 N–H and O–H groups in total. The number of hydrogen-bond donors (Lipinski definition) is 2. The summed E-state index contributed by atoms with van der Waals surface area (Å²) in [7, 11) is -3.83. The van der Waals surface area contributed by atoms with E-state index in [-0.39, 0.29) is 22.8 Å². The van der Waals surface area contributed by atoms with Gasteiger partial charge < -0.3 is 15.4 Å². The summed E-state index contributed by atoms with van der Waals surface area (Å²) in [5.74, 6) is -1.28. The number of benzene rings is 2. The summed E-state index contributed by atoms with van der Waals surface area (Å²) < 4.78 is 31.1. The third-order valence-corrected chi connectivity index (χ3v) is 6.44. The van der Waals surface area contributed by atoms with Gasteiger partial charge in [-0.1, -0.05) is 41.4 Å². The number of urea groups is 1. The lowest BCUT2D eigenvalue weighted by molar-refractivity contribution is -0.139. The van der Waals surface area contributed by atoms with Gasteiger partial charge in [0, 0.05) is 10.7 Å². The quantitative estimate of drug-likeness (QED) is 0.660. The molecule has 2 amide bonds. The van der Waals surface area contributed by atoms with Crippen LogP contribution in [0.25, 0.3) is 0 Å². The lowest BCUT2D eigenvalue weighted by Crippen LogP contribution is -2.47. The minimum atomic E-state index is -3.83. The average molecular weight is 449 g/mol. The predicted molar refractivity (Wildman–Crippen MR) is 113 cm³/mol. The molecular weight excluding hydrogens is 428 g/mol. The van der Waals surface area contributed by atoms with E-state index in [1.54, 1.807) is 43.3 Å². The molecule has 2 aromatic rings. The molecule has 1 aliphatic heterocycles. The molecule has 2 aromatic carbocycles. The molecule has 158 valence electrons. The average Bonchev–Trinajstić information content (AvgIpc) is 2.67. The molecule has 0 spiro atoms. The van der Waals surface area contributed by atoms with Gasteiger partial charge in [-0.05, 0) is 43.7 Å². The zero-order valence-electron chi connectivity index (χ0n) is 16.4. The van der Waals surface area contributed by atoms with Crippen LogP contribution in [0.2, 0.25) is 5.02 Å². The molecule has 0 aromatic heterocycles. The van der Waals surface area contributed by atoms with Crippen LogP contribution in [-0.2, 0) is 19.4 Å². The summed E-state index contributed by atoms with van der Waals surface area (Å²) in [5, 5.41) is 5.54. The molecule has 3 rings (SSSR count). The number of hydrogen-bond acceptors (Lipinski definition) is 5. The largest absolute Gasteiger partial charge is 0.463 e. The topological polar surface area (TPSA) is 102 Å². The SMILES string of the molecule is CCOC(=O)C1=C(CS(=O)(=O)c2ccc(C)cc2)NC(=O)NC1c1cccc(Cl)c1. The number of esters is 1. The fourth-order valence-corrected chi connectivity index (χ4v) is 4.66. The fraction of sp³-hybridized carbons (Fsp3) is 0.238. The van der Waals surface area contributed by atoms with Crippen molar-refractivity contribution in [3.05, 3.63) is 76.0 Å². The van der Waals surface area contributed by atoms with E-state index in [1.165, 1.54) is 12.1 Å². The Labute approximate surface area is 180 Å². The number of aryl methyl sites for hydroxylation is 1. The van der Waals surface area contributed by atoms with Gasteiger partial charge in [-0.25, -0.2) is 18.0 Å². The second-order valence-electron chi connectivity index (χ2n) is 6.77. The maximum atomic E-state index is 13.0. The van der Waals surface area contributed by atoms with E-state index in [4.69, 9.17) is 16.3 Å². The van der Waals surface area contributed by atoms with Gasteiger partial charge >= 0.3 is 12.0 Å². The Bertz CT molecular complexity index is 1110. The highest BCUT2D eigenvalue weighted by Gasteiger charge is 2.35. The third kappa shape index (κ3) is 4.83. The van der Waals surface area contributed by atoms with E-state index in [1.807, 2.05) is 6.92 Å². The standard InChI is InChI=1S/C21H21ClN2O5S/c1-3-29-20(25)18-17(12-30(27,28)16-9-7-13(2)8-10-16)23-21(26)24-19(18)14-5-4-6-15(22)11-14/h4-11,19H,3,12H2,1-2H3,(H2,23,24,26). The number of rotatable bonds is 6. The van der Waals surface area contributed by atoms with Gasteiger partial charge in [0.05, 0.1) is 28.9 Å². The van der Waals surface area contributed by atoms with Gasteiger partial charge in [0.1, 0.15) is 0 Å². The molecule has 1 aliphatic rings. The van der Waals surface area contributed by atoms with Crippen LogP contribution >= 0.6 is 11.6 Å². The summed E-state index contributed by atoms with van der Waals surface area (Å²) in [5.41, 5.74) is 1.44. The van der Waals surface area contributed by atoms with Crippen LogP contribution in [0.3, 0.4) is 0 Å². The molecule has 0 fully saturated rings. The molecule has 0 saturated carbocycles. The first-order valence-corrected chi connectivity index (χ1v) is 11.3. The number of nitrogens with one attached hydrogen (secondary N) is 2. The highest BCUT2D eigenvalue weighted by Crippen LogP contribution is 2.30. The normalized spacial score (nSPS) is 16.6. The molecule has 7 nitrogen and oxygen atoms in total. The van der Waals surface area contributed by atoms with E-state index < -0.39 is 33.6 Å². The monoisotopic (exact) mass is 448 g/mol. The summed E-state index contributed by atoms with van der Waals surface area (Å²) in [4.78, 5) is 25.1. The minimum absolute atomic E-state index is 0.0226. The van der Waals surface area contributed by atoms with Gasteiger partial charge in [-0.3, -0.25) is 0 Å². The van der Waals surface area contributed by atoms with Crippen LogP contribution in [-0.4, -0.2) is 32.8 Å². The van der Waals surface area contributed by atoms with Gasteiger partial charge in [-0.15, -0.1) is 0 Å². The Morgan fingerprint density at radius 1 is 1.17 bits per heavy atom.